The minimum atomic E-state index is -0.164. The molecule has 21 heavy (non-hydrogen) atoms. The van der Waals surface area contributed by atoms with E-state index < -0.39 is 0 Å². The lowest BCUT2D eigenvalue weighted by atomic mass is 10.2. The minimum Gasteiger partial charge on any atom is -0.353 e. The van der Waals surface area contributed by atoms with Gasteiger partial charge in [-0.25, -0.2) is 0 Å². The fraction of sp³-hybridized carbons (Fsp3) is 0.467. The summed E-state index contributed by atoms with van der Waals surface area (Å²) in [6.07, 6.45) is 2.45. The van der Waals surface area contributed by atoms with Crippen molar-refractivity contribution in [3.05, 3.63) is 21.4 Å². The Labute approximate surface area is 128 Å². The Kier molecular flexibility index (Phi) is 5.37. The molecule has 2 amide bonds. The van der Waals surface area contributed by atoms with Gasteiger partial charge in [0, 0.05) is 19.0 Å². The van der Waals surface area contributed by atoms with Crippen molar-refractivity contribution in [2.75, 3.05) is 13.1 Å². The third kappa shape index (κ3) is 4.88. The molecule has 0 saturated heterocycles. The van der Waals surface area contributed by atoms with Gasteiger partial charge in [0.15, 0.2) is 0 Å². The summed E-state index contributed by atoms with van der Waals surface area (Å²) in [4.78, 5) is 25.0. The highest BCUT2D eigenvalue weighted by Crippen LogP contribution is 2.21. The van der Waals surface area contributed by atoms with Crippen LogP contribution < -0.4 is 16.4 Å². The van der Waals surface area contributed by atoms with E-state index in [-0.39, 0.29) is 11.8 Å². The van der Waals surface area contributed by atoms with Crippen LogP contribution >= 0.6 is 11.3 Å². The molecule has 2 rings (SSSR count). The van der Waals surface area contributed by atoms with Crippen LogP contribution in [0.15, 0.2) is 6.07 Å². The zero-order chi connectivity index (χ0) is 15.2. The summed E-state index contributed by atoms with van der Waals surface area (Å²) in [5, 5.41) is 5.64. The van der Waals surface area contributed by atoms with Crippen LogP contribution in [0.4, 0.5) is 0 Å². The standard InChI is InChI=1S/C15H19N3O2S/c1-10-9-13(21-12(10)3-2-7-16)15(20)17-8-6-14(19)18-11-4-5-11/h9,11H,4-8,16H2,1H3,(H,17,20)(H,18,19). The van der Waals surface area contributed by atoms with Crippen LogP contribution in [-0.4, -0.2) is 30.9 Å². The number of thiophene rings is 1. The first kappa shape index (κ1) is 15.5. The first-order valence-corrected chi connectivity index (χ1v) is 7.78. The van der Waals surface area contributed by atoms with Gasteiger partial charge in [-0.1, -0.05) is 11.8 Å². The zero-order valence-electron chi connectivity index (χ0n) is 12.0. The lowest BCUT2D eigenvalue weighted by Gasteiger charge is -2.04. The van der Waals surface area contributed by atoms with E-state index in [9.17, 15) is 9.59 Å². The fourth-order valence-corrected chi connectivity index (χ4v) is 2.72. The third-order valence-electron chi connectivity index (χ3n) is 3.03. The molecule has 0 atom stereocenters. The van der Waals surface area contributed by atoms with Crippen LogP contribution in [0.5, 0.6) is 0 Å². The number of carbonyl (C=O) groups is 2. The first-order valence-electron chi connectivity index (χ1n) is 6.97. The van der Waals surface area contributed by atoms with Gasteiger partial charge in [0.2, 0.25) is 5.91 Å². The van der Waals surface area contributed by atoms with Crippen molar-refractivity contribution in [1.82, 2.24) is 10.6 Å². The Morgan fingerprint density at radius 1 is 1.48 bits per heavy atom. The molecule has 0 aromatic carbocycles. The van der Waals surface area contributed by atoms with E-state index in [1.807, 2.05) is 13.0 Å². The lowest BCUT2D eigenvalue weighted by Crippen LogP contribution is -2.31. The molecule has 112 valence electrons. The zero-order valence-corrected chi connectivity index (χ0v) is 12.8. The number of carbonyl (C=O) groups excluding carboxylic acids is 2. The first-order chi connectivity index (χ1) is 10.1. The van der Waals surface area contributed by atoms with E-state index in [1.165, 1.54) is 11.3 Å². The molecule has 0 bridgehead atoms. The number of hydrogen-bond donors (Lipinski definition) is 3. The van der Waals surface area contributed by atoms with Crippen molar-refractivity contribution in [1.29, 1.82) is 0 Å². The van der Waals surface area contributed by atoms with E-state index in [0.717, 1.165) is 23.3 Å². The summed E-state index contributed by atoms with van der Waals surface area (Å²) in [5.74, 6) is 5.56. The molecule has 0 radical (unpaired) electrons. The summed E-state index contributed by atoms with van der Waals surface area (Å²) < 4.78 is 0. The second-order valence-electron chi connectivity index (χ2n) is 4.98. The van der Waals surface area contributed by atoms with Crippen molar-refractivity contribution in [3.63, 3.8) is 0 Å². The molecule has 1 fully saturated rings. The minimum absolute atomic E-state index is 0.00494. The van der Waals surface area contributed by atoms with Gasteiger partial charge in [0.05, 0.1) is 16.3 Å². The number of amides is 2. The maximum atomic E-state index is 12.0. The average Bonchev–Trinajstić information content (AvgIpc) is 3.17. The molecule has 4 N–H and O–H groups in total. The van der Waals surface area contributed by atoms with Gasteiger partial charge in [-0.3, -0.25) is 9.59 Å². The normalized spacial score (nSPS) is 13.2. The van der Waals surface area contributed by atoms with Gasteiger partial charge in [-0.05, 0) is 31.4 Å². The second kappa shape index (κ2) is 7.25. The summed E-state index contributed by atoms with van der Waals surface area (Å²) in [5.41, 5.74) is 6.31. The quantitative estimate of drug-likeness (QED) is 0.702. The third-order valence-corrected chi connectivity index (χ3v) is 4.18. The number of aryl methyl sites for hydroxylation is 1. The number of nitrogens with two attached hydrogens (primary N) is 1. The lowest BCUT2D eigenvalue weighted by molar-refractivity contribution is -0.121. The Hall–Kier alpha value is -1.84. The molecule has 5 nitrogen and oxygen atoms in total. The van der Waals surface area contributed by atoms with Crippen LogP contribution in [-0.2, 0) is 4.79 Å². The van der Waals surface area contributed by atoms with Crippen molar-refractivity contribution in [3.8, 4) is 11.8 Å². The van der Waals surface area contributed by atoms with Crippen molar-refractivity contribution in [2.24, 2.45) is 5.73 Å². The van der Waals surface area contributed by atoms with Gasteiger partial charge in [-0.15, -0.1) is 11.3 Å². The van der Waals surface area contributed by atoms with Crippen LogP contribution in [0, 0.1) is 18.8 Å². The van der Waals surface area contributed by atoms with E-state index >= 15 is 0 Å². The molecule has 6 heteroatoms. The highest BCUT2D eigenvalue weighted by atomic mass is 32.1. The Morgan fingerprint density at radius 3 is 2.90 bits per heavy atom. The van der Waals surface area contributed by atoms with Gasteiger partial charge >= 0.3 is 0 Å². The van der Waals surface area contributed by atoms with Crippen LogP contribution in [0.25, 0.3) is 0 Å². The average molecular weight is 305 g/mol. The van der Waals surface area contributed by atoms with Crippen molar-refractivity contribution < 1.29 is 9.59 Å². The molecule has 1 aromatic heterocycles. The molecule has 1 heterocycles. The molecular weight excluding hydrogens is 286 g/mol. The Bertz CT molecular complexity index is 594. The summed E-state index contributed by atoms with van der Waals surface area (Å²) in [6.45, 7) is 2.56. The largest absolute Gasteiger partial charge is 0.353 e. The molecular formula is C15H19N3O2S. The predicted molar refractivity (Wildman–Crippen MR) is 83.1 cm³/mol. The monoisotopic (exact) mass is 305 g/mol. The van der Waals surface area contributed by atoms with Gasteiger partial charge in [0.1, 0.15) is 0 Å². The van der Waals surface area contributed by atoms with Crippen LogP contribution in [0.2, 0.25) is 0 Å². The second-order valence-corrected chi connectivity index (χ2v) is 6.03. The van der Waals surface area contributed by atoms with Crippen molar-refractivity contribution in [2.45, 2.75) is 32.2 Å². The van der Waals surface area contributed by atoms with E-state index in [0.29, 0.717) is 30.4 Å². The van der Waals surface area contributed by atoms with E-state index in [1.54, 1.807) is 0 Å². The smallest absolute Gasteiger partial charge is 0.261 e. The highest BCUT2D eigenvalue weighted by Gasteiger charge is 2.22. The van der Waals surface area contributed by atoms with Crippen LogP contribution in [0.3, 0.4) is 0 Å². The maximum Gasteiger partial charge on any atom is 0.261 e. The van der Waals surface area contributed by atoms with E-state index in [4.69, 9.17) is 5.73 Å². The van der Waals surface area contributed by atoms with Gasteiger partial charge < -0.3 is 16.4 Å². The maximum absolute atomic E-state index is 12.0. The number of hydrogen-bond acceptors (Lipinski definition) is 4. The number of rotatable bonds is 5. The summed E-state index contributed by atoms with van der Waals surface area (Å²) >= 11 is 1.35. The summed E-state index contributed by atoms with van der Waals surface area (Å²) in [7, 11) is 0. The van der Waals surface area contributed by atoms with Crippen molar-refractivity contribution >= 4 is 23.2 Å². The van der Waals surface area contributed by atoms with Crippen LogP contribution in [0.1, 0.15) is 39.4 Å². The molecule has 1 aliphatic carbocycles. The molecule has 1 aliphatic rings. The van der Waals surface area contributed by atoms with Gasteiger partial charge in [0.25, 0.3) is 5.91 Å². The summed E-state index contributed by atoms with van der Waals surface area (Å²) in [6, 6.07) is 2.17. The Morgan fingerprint density at radius 2 is 2.24 bits per heavy atom. The molecule has 0 aliphatic heterocycles. The topological polar surface area (TPSA) is 84.2 Å². The molecule has 0 unspecified atom stereocenters. The van der Waals surface area contributed by atoms with E-state index in [2.05, 4.69) is 22.5 Å². The predicted octanol–water partition coefficient (Wildman–Crippen LogP) is 0.765. The number of nitrogens with one attached hydrogen (secondary N) is 2. The fourth-order valence-electron chi connectivity index (χ4n) is 1.75. The SMILES string of the molecule is Cc1cc(C(=O)NCCC(=O)NC2CC2)sc1C#CCN. The Balaban J connectivity index is 1.81. The van der Waals surface area contributed by atoms with Gasteiger partial charge in [-0.2, -0.15) is 0 Å². The molecule has 0 spiro atoms. The molecule has 1 saturated carbocycles. The highest BCUT2D eigenvalue weighted by molar-refractivity contribution is 7.14. The molecule has 1 aromatic rings.